The van der Waals surface area contributed by atoms with Crippen molar-refractivity contribution in [1.29, 1.82) is 0 Å². The topological polar surface area (TPSA) is 88.1 Å². The van der Waals surface area contributed by atoms with Crippen LogP contribution in [0.2, 0.25) is 0 Å². The van der Waals surface area contributed by atoms with Crippen LogP contribution in [0.3, 0.4) is 0 Å². The average Bonchev–Trinajstić information content (AvgIpc) is 2.90. The minimum absolute atomic E-state index is 0.0689. The number of anilines is 3. The van der Waals surface area contributed by atoms with E-state index >= 15 is 0 Å². The van der Waals surface area contributed by atoms with Gasteiger partial charge in [0, 0.05) is 24.8 Å². The van der Waals surface area contributed by atoms with Gasteiger partial charge in [-0.25, -0.2) is 17.2 Å². The summed E-state index contributed by atoms with van der Waals surface area (Å²) in [5.41, 5.74) is 0.277. The first-order chi connectivity index (χ1) is 11.3. The van der Waals surface area contributed by atoms with Crippen LogP contribution < -0.4 is 10.2 Å². The fourth-order valence-electron chi connectivity index (χ4n) is 2.49. The summed E-state index contributed by atoms with van der Waals surface area (Å²) in [4.78, 5) is 5.97. The van der Waals surface area contributed by atoms with E-state index in [9.17, 15) is 17.2 Å². The number of sulfone groups is 1. The lowest BCUT2D eigenvalue weighted by Gasteiger charge is -2.24. The van der Waals surface area contributed by atoms with Crippen LogP contribution in [0.4, 0.5) is 26.2 Å². The van der Waals surface area contributed by atoms with Crippen LogP contribution >= 0.6 is 0 Å². The molecule has 1 atom stereocenters. The third-order valence-electron chi connectivity index (χ3n) is 3.84. The molecule has 2 heterocycles. The van der Waals surface area contributed by atoms with Gasteiger partial charge < -0.3 is 10.2 Å². The maximum absolute atomic E-state index is 13.2. The molecular weight excluding hydrogens is 340 g/mol. The van der Waals surface area contributed by atoms with Crippen LogP contribution in [0.1, 0.15) is 6.42 Å². The Balaban J connectivity index is 1.77. The molecule has 1 aromatic carbocycles. The highest BCUT2D eigenvalue weighted by Crippen LogP contribution is 2.22. The summed E-state index contributed by atoms with van der Waals surface area (Å²) < 4.78 is 49.4. The van der Waals surface area contributed by atoms with Gasteiger partial charge >= 0.3 is 0 Å². The van der Waals surface area contributed by atoms with Gasteiger partial charge in [-0.05, 0) is 18.6 Å². The molecule has 2 aromatic rings. The second kappa shape index (κ2) is 6.27. The van der Waals surface area contributed by atoms with Crippen LogP contribution in [0.5, 0.6) is 0 Å². The van der Waals surface area contributed by atoms with E-state index in [-0.39, 0.29) is 29.2 Å². The predicted molar refractivity (Wildman–Crippen MR) is 84.9 cm³/mol. The highest BCUT2D eigenvalue weighted by Gasteiger charge is 2.31. The van der Waals surface area contributed by atoms with Crippen molar-refractivity contribution in [1.82, 2.24) is 15.2 Å². The van der Waals surface area contributed by atoms with Gasteiger partial charge in [-0.3, -0.25) is 0 Å². The predicted octanol–water partition coefficient (Wildman–Crippen LogP) is 1.52. The lowest BCUT2D eigenvalue weighted by Crippen LogP contribution is -2.33. The maximum atomic E-state index is 13.2. The molecule has 24 heavy (non-hydrogen) atoms. The molecule has 1 fully saturated rings. The molecule has 1 aromatic heterocycles. The smallest absolute Gasteiger partial charge is 0.249 e. The lowest BCUT2D eigenvalue weighted by atomic mass is 10.2. The average molecular weight is 355 g/mol. The zero-order chi connectivity index (χ0) is 17.3. The lowest BCUT2D eigenvalue weighted by molar-refractivity contribution is 0.509. The van der Waals surface area contributed by atoms with Gasteiger partial charge in [-0.15, -0.1) is 5.10 Å². The van der Waals surface area contributed by atoms with Gasteiger partial charge in [0.25, 0.3) is 0 Å². The summed E-state index contributed by atoms with van der Waals surface area (Å²) in [6.07, 6.45) is 1.94. The summed E-state index contributed by atoms with van der Waals surface area (Å²) in [6.45, 7) is 0. The Kier molecular flexibility index (Phi) is 4.31. The van der Waals surface area contributed by atoms with Crippen molar-refractivity contribution < 1.29 is 17.2 Å². The van der Waals surface area contributed by atoms with Gasteiger partial charge in [0.05, 0.1) is 17.7 Å². The second-order valence-corrected chi connectivity index (χ2v) is 7.79. The standard InChI is InChI=1S/C14H15F2N5O2S/c1-21(10-4-5-24(22,23)8-10)13-7-17-20-14(19-13)18-9-2-3-11(15)12(16)6-9/h2-3,6-7,10H,4-5,8H2,1H3,(H,18,19,20). The van der Waals surface area contributed by atoms with E-state index in [2.05, 4.69) is 20.5 Å². The summed E-state index contributed by atoms with van der Waals surface area (Å²) in [5.74, 6) is -1.17. The van der Waals surface area contributed by atoms with E-state index in [0.717, 1.165) is 12.1 Å². The molecule has 0 saturated carbocycles. The zero-order valence-electron chi connectivity index (χ0n) is 12.8. The number of nitrogens with zero attached hydrogens (tertiary/aromatic N) is 4. The zero-order valence-corrected chi connectivity index (χ0v) is 13.6. The Morgan fingerprint density at radius 2 is 2.08 bits per heavy atom. The fourth-order valence-corrected chi connectivity index (χ4v) is 4.26. The van der Waals surface area contributed by atoms with Gasteiger partial charge in [0.15, 0.2) is 27.3 Å². The Hall–Kier alpha value is -2.36. The molecule has 0 bridgehead atoms. The Bertz CT molecular complexity index is 862. The molecule has 0 amide bonds. The Morgan fingerprint density at radius 3 is 2.75 bits per heavy atom. The molecule has 1 unspecified atom stereocenters. The third kappa shape index (κ3) is 3.58. The molecule has 3 rings (SSSR count). The van der Waals surface area contributed by atoms with E-state index in [4.69, 9.17) is 0 Å². The van der Waals surface area contributed by atoms with Gasteiger partial charge in [0.2, 0.25) is 5.95 Å². The Labute approximate surface area is 137 Å². The molecular formula is C14H15F2N5O2S. The number of halogens is 2. The van der Waals surface area contributed by atoms with Gasteiger partial charge in [-0.1, -0.05) is 0 Å². The highest BCUT2D eigenvalue weighted by atomic mass is 32.2. The molecule has 0 aliphatic carbocycles. The fraction of sp³-hybridized carbons (Fsp3) is 0.357. The summed E-state index contributed by atoms with van der Waals surface area (Å²) in [6, 6.07) is 3.15. The first-order valence-corrected chi connectivity index (χ1v) is 9.01. The van der Waals surface area contributed by atoms with Crippen molar-refractivity contribution >= 4 is 27.3 Å². The number of hydrogen-bond acceptors (Lipinski definition) is 7. The SMILES string of the molecule is CN(c1cnnc(Nc2ccc(F)c(F)c2)n1)C1CCS(=O)(=O)C1. The van der Waals surface area contributed by atoms with Crippen molar-refractivity contribution in [2.45, 2.75) is 12.5 Å². The maximum Gasteiger partial charge on any atom is 0.249 e. The van der Waals surface area contributed by atoms with Crippen LogP contribution in [0, 0.1) is 11.6 Å². The van der Waals surface area contributed by atoms with E-state index < -0.39 is 21.5 Å². The number of nitrogens with one attached hydrogen (secondary N) is 1. The van der Waals surface area contributed by atoms with Crippen molar-refractivity contribution in [2.24, 2.45) is 0 Å². The van der Waals surface area contributed by atoms with Crippen LogP contribution in [0.25, 0.3) is 0 Å². The normalized spacial score (nSPS) is 19.2. The number of benzene rings is 1. The first kappa shape index (κ1) is 16.5. The van der Waals surface area contributed by atoms with E-state index in [0.29, 0.717) is 12.2 Å². The highest BCUT2D eigenvalue weighted by molar-refractivity contribution is 7.91. The van der Waals surface area contributed by atoms with Gasteiger partial charge in [0.1, 0.15) is 0 Å². The van der Waals surface area contributed by atoms with Crippen molar-refractivity contribution in [2.75, 3.05) is 28.8 Å². The molecule has 1 aliphatic heterocycles. The van der Waals surface area contributed by atoms with Crippen LogP contribution in [0.15, 0.2) is 24.4 Å². The first-order valence-electron chi connectivity index (χ1n) is 7.19. The van der Waals surface area contributed by atoms with E-state index in [1.54, 1.807) is 11.9 Å². The molecule has 128 valence electrons. The minimum atomic E-state index is -3.01. The van der Waals surface area contributed by atoms with E-state index in [1.165, 1.54) is 12.3 Å². The number of hydrogen-bond donors (Lipinski definition) is 1. The molecule has 0 radical (unpaired) electrons. The monoisotopic (exact) mass is 355 g/mol. The number of aromatic nitrogens is 3. The molecule has 1 saturated heterocycles. The van der Waals surface area contributed by atoms with Crippen LogP contribution in [-0.4, -0.2) is 48.2 Å². The second-order valence-electron chi connectivity index (χ2n) is 5.56. The van der Waals surface area contributed by atoms with E-state index in [1.807, 2.05) is 0 Å². The van der Waals surface area contributed by atoms with Crippen molar-refractivity contribution in [3.63, 3.8) is 0 Å². The Morgan fingerprint density at radius 1 is 1.29 bits per heavy atom. The third-order valence-corrected chi connectivity index (χ3v) is 5.59. The molecule has 1 aliphatic rings. The van der Waals surface area contributed by atoms with Crippen molar-refractivity contribution in [3.05, 3.63) is 36.0 Å². The summed E-state index contributed by atoms with van der Waals surface area (Å²) in [7, 11) is -1.28. The van der Waals surface area contributed by atoms with Crippen molar-refractivity contribution in [3.8, 4) is 0 Å². The van der Waals surface area contributed by atoms with Gasteiger partial charge in [-0.2, -0.15) is 10.1 Å². The summed E-state index contributed by atoms with van der Waals surface area (Å²) in [5, 5.41) is 10.3. The number of rotatable bonds is 4. The van der Waals surface area contributed by atoms with Crippen LogP contribution in [-0.2, 0) is 9.84 Å². The quantitative estimate of drug-likeness (QED) is 0.889. The molecule has 7 nitrogen and oxygen atoms in total. The molecule has 10 heteroatoms. The molecule has 1 N–H and O–H groups in total. The minimum Gasteiger partial charge on any atom is -0.354 e. The molecule has 0 spiro atoms. The largest absolute Gasteiger partial charge is 0.354 e. The summed E-state index contributed by atoms with van der Waals surface area (Å²) >= 11 is 0.